The molecule has 0 radical (unpaired) electrons. The fraction of sp³-hybridized carbons (Fsp3) is 0.476. The number of aryl methyl sites for hydroxylation is 1. The molecule has 1 atom stereocenters. The quantitative estimate of drug-likeness (QED) is 0.906. The second-order valence-electron chi connectivity index (χ2n) is 8.00. The highest BCUT2D eigenvalue weighted by Crippen LogP contribution is 2.39. The second kappa shape index (κ2) is 6.83. The van der Waals surface area contributed by atoms with Crippen LogP contribution in [0.1, 0.15) is 36.3 Å². The van der Waals surface area contributed by atoms with E-state index >= 15 is 0 Å². The normalized spacial score (nSPS) is 21.4. The van der Waals surface area contributed by atoms with Crippen LogP contribution in [0.15, 0.2) is 36.5 Å². The molecule has 27 heavy (non-hydrogen) atoms. The number of aromatic nitrogens is 2. The Balaban J connectivity index is 1.46. The fourth-order valence-corrected chi connectivity index (χ4v) is 4.33. The van der Waals surface area contributed by atoms with Gasteiger partial charge in [0, 0.05) is 44.5 Å². The van der Waals surface area contributed by atoms with Gasteiger partial charge >= 0.3 is 0 Å². The number of rotatable bonds is 3. The average Bonchev–Trinajstić information content (AvgIpc) is 2.99. The van der Waals surface area contributed by atoms with Crippen molar-refractivity contribution in [1.82, 2.24) is 15.3 Å². The molecule has 0 bridgehead atoms. The molecule has 1 aromatic heterocycles. The number of amides is 1. The molecule has 1 amide bonds. The van der Waals surface area contributed by atoms with Gasteiger partial charge in [-0.05, 0) is 31.7 Å². The molecule has 1 aromatic carbocycles. The number of carbonyl (C=O) groups is 1. The Bertz CT molecular complexity index is 828. The highest BCUT2D eigenvalue weighted by atomic mass is 16.2. The molecule has 3 heterocycles. The third kappa shape index (κ3) is 3.36. The lowest BCUT2D eigenvalue weighted by atomic mass is 9.82. The summed E-state index contributed by atoms with van der Waals surface area (Å²) in [5.74, 6) is 1.87. The number of benzene rings is 1. The van der Waals surface area contributed by atoms with Gasteiger partial charge in [-0.15, -0.1) is 0 Å². The van der Waals surface area contributed by atoms with Gasteiger partial charge in [-0.2, -0.15) is 4.98 Å². The number of nitrogens with one attached hydrogen (secondary N) is 1. The van der Waals surface area contributed by atoms with E-state index in [1.165, 1.54) is 0 Å². The van der Waals surface area contributed by atoms with Crippen LogP contribution in [0, 0.1) is 6.92 Å². The molecule has 2 aliphatic heterocycles. The number of nitrogens with zero attached hydrogens (tertiary/aromatic N) is 4. The van der Waals surface area contributed by atoms with E-state index in [0.717, 1.165) is 55.2 Å². The molecule has 1 unspecified atom stereocenters. The van der Waals surface area contributed by atoms with Crippen LogP contribution in [0.4, 0.5) is 11.8 Å². The van der Waals surface area contributed by atoms with Crippen molar-refractivity contribution < 1.29 is 4.79 Å². The van der Waals surface area contributed by atoms with Gasteiger partial charge in [-0.1, -0.05) is 30.3 Å². The zero-order chi connectivity index (χ0) is 19.0. The van der Waals surface area contributed by atoms with Gasteiger partial charge in [-0.25, -0.2) is 4.98 Å². The maximum atomic E-state index is 12.6. The minimum Gasteiger partial charge on any atom is -0.362 e. The lowest BCUT2D eigenvalue weighted by Gasteiger charge is -2.39. The number of hydrogen-bond acceptors (Lipinski definition) is 5. The summed E-state index contributed by atoms with van der Waals surface area (Å²) < 4.78 is 0. The minimum absolute atomic E-state index is 0.0336. The number of anilines is 2. The maximum Gasteiger partial charge on any atom is 0.228 e. The molecule has 4 rings (SSSR count). The van der Waals surface area contributed by atoms with Gasteiger partial charge in [0.2, 0.25) is 11.9 Å². The lowest BCUT2D eigenvalue weighted by Crippen LogP contribution is -2.51. The van der Waals surface area contributed by atoms with Gasteiger partial charge in [0.05, 0.1) is 5.92 Å². The third-order valence-corrected chi connectivity index (χ3v) is 5.86. The van der Waals surface area contributed by atoms with Crippen LogP contribution in [-0.2, 0) is 4.79 Å². The number of piperidine rings is 1. The Morgan fingerprint density at radius 1 is 1.19 bits per heavy atom. The van der Waals surface area contributed by atoms with Crippen LogP contribution < -0.4 is 15.1 Å². The smallest absolute Gasteiger partial charge is 0.228 e. The lowest BCUT2D eigenvalue weighted by molar-refractivity contribution is -0.121. The maximum absolute atomic E-state index is 12.6. The van der Waals surface area contributed by atoms with Gasteiger partial charge in [0.25, 0.3) is 0 Å². The van der Waals surface area contributed by atoms with Gasteiger partial charge in [-0.3, -0.25) is 4.79 Å². The van der Waals surface area contributed by atoms with Crippen molar-refractivity contribution in [2.45, 2.75) is 37.6 Å². The van der Waals surface area contributed by atoms with E-state index in [-0.39, 0.29) is 17.4 Å². The van der Waals surface area contributed by atoms with E-state index in [9.17, 15) is 4.79 Å². The Morgan fingerprint density at radius 2 is 1.89 bits per heavy atom. The van der Waals surface area contributed by atoms with Crippen LogP contribution >= 0.6 is 0 Å². The second-order valence-corrected chi connectivity index (χ2v) is 8.00. The molecular formula is C21H27N5O. The van der Waals surface area contributed by atoms with Gasteiger partial charge in [0.15, 0.2) is 0 Å². The van der Waals surface area contributed by atoms with Gasteiger partial charge < -0.3 is 15.1 Å². The molecule has 2 aliphatic rings. The summed E-state index contributed by atoms with van der Waals surface area (Å²) in [4.78, 5) is 26.1. The number of carbonyl (C=O) groups excluding carboxylic acids is 1. The van der Waals surface area contributed by atoms with Crippen molar-refractivity contribution in [1.29, 1.82) is 0 Å². The van der Waals surface area contributed by atoms with Crippen LogP contribution in [0.25, 0.3) is 0 Å². The van der Waals surface area contributed by atoms with E-state index in [0.29, 0.717) is 0 Å². The summed E-state index contributed by atoms with van der Waals surface area (Å²) in [5, 5.41) is 3.31. The van der Waals surface area contributed by atoms with Crippen LogP contribution in [-0.4, -0.2) is 48.6 Å². The van der Waals surface area contributed by atoms with Gasteiger partial charge in [0.1, 0.15) is 5.82 Å². The minimum atomic E-state index is -0.0941. The predicted molar refractivity (Wildman–Crippen MR) is 107 cm³/mol. The molecule has 2 saturated heterocycles. The van der Waals surface area contributed by atoms with E-state index in [4.69, 9.17) is 4.98 Å². The van der Waals surface area contributed by atoms with E-state index in [1.54, 1.807) is 0 Å². The molecule has 0 aliphatic carbocycles. The monoisotopic (exact) mass is 365 g/mol. The van der Waals surface area contributed by atoms with Crippen molar-refractivity contribution in [3.8, 4) is 0 Å². The summed E-state index contributed by atoms with van der Waals surface area (Å²) in [7, 11) is 4.00. The first-order valence-electron chi connectivity index (χ1n) is 9.60. The summed E-state index contributed by atoms with van der Waals surface area (Å²) in [6.07, 6.45) is 4.62. The zero-order valence-electron chi connectivity index (χ0n) is 16.3. The first kappa shape index (κ1) is 17.8. The highest BCUT2D eigenvalue weighted by molar-refractivity contribution is 5.87. The van der Waals surface area contributed by atoms with Crippen molar-refractivity contribution in [3.05, 3.63) is 47.7 Å². The molecule has 2 fully saturated rings. The van der Waals surface area contributed by atoms with E-state index < -0.39 is 0 Å². The Labute approximate surface area is 160 Å². The molecule has 1 N–H and O–H groups in total. The number of hydrogen-bond donors (Lipinski definition) is 1. The summed E-state index contributed by atoms with van der Waals surface area (Å²) in [5.41, 5.74) is 2.10. The zero-order valence-corrected chi connectivity index (χ0v) is 16.3. The fourth-order valence-electron chi connectivity index (χ4n) is 4.33. The molecule has 6 heteroatoms. The molecule has 1 spiro atoms. The molecule has 0 saturated carbocycles. The first-order valence-corrected chi connectivity index (χ1v) is 9.60. The van der Waals surface area contributed by atoms with E-state index in [1.807, 2.05) is 50.3 Å². The average molecular weight is 365 g/mol. The van der Waals surface area contributed by atoms with Crippen LogP contribution in [0.3, 0.4) is 0 Å². The Kier molecular flexibility index (Phi) is 4.50. The molecule has 6 nitrogen and oxygen atoms in total. The topological polar surface area (TPSA) is 61.4 Å². The van der Waals surface area contributed by atoms with E-state index in [2.05, 4.69) is 27.3 Å². The van der Waals surface area contributed by atoms with Crippen molar-refractivity contribution >= 4 is 17.7 Å². The predicted octanol–water partition coefficient (Wildman–Crippen LogP) is 2.49. The Hall–Kier alpha value is -2.63. The standard InChI is InChI=1S/C21H27N5O/c1-15-14-22-20(23-18(15)25(2)3)26-11-9-21(10-12-26)13-17(19(27)24-21)16-7-5-4-6-8-16/h4-8,14,17H,9-13H2,1-3H3,(H,24,27). The molecule has 2 aromatic rings. The van der Waals surface area contributed by atoms with Crippen molar-refractivity contribution in [2.75, 3.05) is 37.0 Å². The van der Waals surface area contributed by atoms with Crippen molar-refractivity contribution in [2.24, 2.45) is 0 Å². The third-order valence-electron chi connectivity index (χ3n) is 5.86. The summed E-state index contributed by atoms with van der Waals surface area (Å²) in [6.45, 7) is 3.75. The van der Waals surface area contributed by atoms with Crippen LogP contribution in [0.5, 0.6) is 0 Å². The summed E-state index contributed by atoms with van der Waals surface area (Å²) in [6, 6.07) is 10.1. The first-order chi connectivity index (χ1) is 13.0. The van der Waals surface area contributed by atoms with Crippen LogP contribution in [0.2, 0.25) is 0 Å². The largest absolute Gasteiger partial charge is 0.362 e. The molecular weight excluding hydrogens is 338 g/mol. The SMILES string of the molecule is Cc1cnc(N2CCC3(CC2)CC(c2ccccc2)C(=O)N3)nc1N(C)C. The highest BCUT2D eigenvalue weighted by Gasteiger charge is 2.46. The Morgan fingerprint density at radius 3 is 2.56 bits per heavy atom. The van der Waals surface area contributed by atoms with Crippen molar-refractivity contribution in [3.63, 3.8) is 0 Å². The summed E-state index contributed by atoms with van der Waals surface area (Å²) >= 11 is 0. The molecule has 142 valence electrons.